The highest BCUT2D eigenvalue weighted by atomic mass is 16.6. The minimum absolute atomic E-state index is 0.0519. The summed E-state index contributed by atoms with van der Waals surface area (Å²) in [6.45, 7) is 0.724. The summed E-state index contributed by atoms with van der Waals surface area (Å²) in [5.74, 6) is -0.718. The predicted octanol–water partition coefficient (Wildman–Crippen LogP) is 4.81. The van der Waals surface area contributed by atoms with Crippen molar-refractivity contribution in [3.63, 3.8) is 0 Å². The van der Waals surface area contributed by atoms with Crippen molar-refractivity contribution in [2.75, 3.05) is 6.61 Å². The van der Waals surface area contributed by atoms with E-state index in [1.54, 1.807) is 0 Å². The maximum Gasteiger partial charge on any atom is 0.249 e. The first-order valence-corrected chi connectivity index (χ1v) is 13.7. The second kappa shape index (κ2) is 16.4. The van der Waals surface area contributed by atoms with E-state index < -0.39 is 30.3 Å². The van der Waals surface area contributed by atoms with E-state index >= 15 is 0 Å². The molecule has 4 aromatic rings. The zero-order valence-corrected chi connectivity index (χ0v) is 23.0. The van der Waals surface area contributed by atoms with Crippen LogP contribution in [0.25, 0.3) is 0 Å². The standard InChI is InChI=1S/C34H37NO6/c35-34(37)33(41-24-29-19-11-4-12-20-29)32(40-23-28-17-9-3-10-18-28)31(39-22-27-15-7-2-8-16-27)30(36)25-38-21-26-13-5-1-6-14-26/h1-20,30-33,36H,21-25H2,(H2,35,37)/t30-,31-,32+,33-/m0/s1. The normalized spacial score (nSPS) is 14.2. The molecule has 214 valence electrons. The van der Waals surface area contributed by atoms with Crippen molar-refractivity contribution in [3.8, 4) is 0 Å². The minimum Gasteiger partial charge on any atom is -0.388 e. The van der Waals surface area contributed by atoms with Crippen molar-refractivity contribution in [1.29, 1.82) is 0 Å². The van der Waals surface area contributed by atoms with Crippen molar-refractivity contribution in [2.24, 2.45) is 5.73 Å². The van der Waals surface area contributed by atoms with Gasteiger partial charge in [-0.1, -0.05) is 121 Å². The Morgan fingerprint density at radius 2 is 0.927 bits per heavy atom. The van der Waals surface area contributed by atoms with Crippen LogP contribution in [0.5, 0.6) is 0 Å². The molecule has 0 bridgehead atoms. The van der Waals surface area contributed by atoms with E-state index in [9.17, 15) is 9.90 Å². The lowest BCUT2D eigenvalue weighted by atomic mass is 10.0. The number of carbonyl (C=O) groups excluding carboxylic acids is 1. The number of amides is 1. The summed E-state index contributed by atoms with van der Waals surface area (Å²) in [5, 5.41) is 11.4. The minimum atomic E-state index is -1.21. The zero-order valence-electron chi connectivity index (χ0n) is 23.0. The van der Waals surface area contributed by atoms with Gasteiger partial charge in [0.1, 0.15) is 18.3 Å². The fourth-order valence-corrected chi connectivity index (χ4v) is 4.38. The number of hydrogen-bond acceptors (Lipinski definition) is 6. The molecule has 0 aliphatic rings. The maximum absolute atomic E-state index is 12.8. The molecule has 0 aliphatic carbocycles. The molecule has 4 atom stereocenters. The number of carbonyl (C=O) groups is 1. The summed E-state index contributed by atoms with van der Waals surface area (Å²) in [6.07, 6.45) is -4.38. The van der Waals surface area contributed by atoms with E-state index in [0.29, 0.717) is 6.61 Å². The lowest BCUT2D eigenvalue weighted by molar-refractivity contribution is -0.190. The van der Waals surface area contributed by atoms with Gasteiger partial charge in [0.05, 0.1) is 33.0 Å². The van der Waals surface area contributed by atoms with Crippen molar-refractivity contribution in [3.05, 3.63) is 144 Å². The topological polar surface area (TPSA) is 100 Å². The molecule has 41 heavy (non-hydrogen) atoms. The average Bonchev–Trinajstić information content (AvgIpc) is 3.01. The van der Waals surface area contributed by atoms with Crippen LogP contribution in [0.2, 0.25) is 0 Å². The van der Waals surface area contributed by atoms with Gasteiger partial charge in [0.2, 0.25) is 5.91 Å². The number of primary amides is 1. The van der Waals surface area contributed by atoms with Gasteiger partial charge in [0.25, 0.3) is 0 Å². The van der Waals surface area contributed by atoms with Gasteiger partial charge < -0.3 is 29.8 Å². The molecule has 0 heterocycles. The molecule has 4 aromatic carbocycles. The highest BCUT2D eigenvalue weighted by Gasteiger charge is 2.40. The lowest BCUT2D eigenvalue weighted by Gasteiger charge is -2.34. The van der Waals surface area contributed by atoms with E-state index in [4.69, 9.17) is 24.7 Å². The van der Waals surface area contributed by atoms with Crippen LogP contribution in [0, 0.1) is 0 Å². The summed E-state index contributed by atoms with van der Waals surface area (Å²) in [4.78, 5) is 12.8. The molecule has 1 amide bonds. The first kappa shape index (κ1) is 30.1. The second-order valence-electron chi connectivity index (χ2n) is 9.71. The molecule has 3 N–H and O–H groups in total. The predicted molar refractivity (Wildman–Crippen MR) is 156 cm³/mol. The molecule has 7 heteroatoms. The van der Waals surface area contributed by atoms with Gasteiger partial charge in [0.15, 0.2) is 6.10 Å². The molecular weight excluding hydrogens is 518 g/mol. The number of ether oxygens (including phenoxy) is 4. The lowest BCUT2D eigenvalue weighted by Crippen LogP contribution is -2.54. The Morgan fingerprint density at radius 1 is 0.561 bits per heavy atom. The SMILES string of the molecule is NC(=O)[C@@H](OCc1ccccc1)[C@H](OCc1ccccc1)[C@@H](OCc1ccccc1)[C@@H](O)COCc1ccccc1. The van der Waals surface area contributed by atoms with Gasteiger partial charge >= 0.3 is 0 Å². The number of rotatable bonds is 17. The van der Waals surface area contributed by atoms with Gasteiger partial charge in [-0.25, -0.2) is 0 Å². The third-order valence-electron chi connectivity index (χ3n) is 6.52. The summed E-state index contributed by atoms with van der Waals surface area (Å²) in [5.41, 5.74) is 9.51. The molecule has 0 fully saturated rings. The molecule has 0 aliphatic heterocycles. The van der Waals surface area contributed by atoms with Gasteiger partial charge in [-0.2, -0.15) is 0 Å². The molecule has 0 radical (unpaired) electrons. The quantitative estimate of drug-likeness (QED) is 0.194. The maximum atomic E-state index is 12.8. The van der Waals surface area contributed by atoms with Crippen LogP contribution in [-0.4, -0.2) is 42.0 Å². The molecule has 0 saturated heterocycles. The third kappa shape index (κ3) is 9.93. The number of hydrogen-bond donors (Lipinski definition) is 2. The van der Waals surface area contributed by atoms with E-state index in [-0.39, 0.29) is 26.4 Å². The van der Waals surface area contributed by atoms with Crippen molar-refractivity contribution in [2.45, 2.75) is 50.8 Å². The molecule has 0 spiro atoms. The van der Waals surface area contributed by atoms with Gasteiger partial charge in [0, 0.05) is 0 Å². The summed E-state index contributed by atoms with van der Waals surface area (Å²) in [6, 6.07) is 38.3. The van der Waals surface area contributed by atoms with Gasteiger partial charge in [-0.05, 0) is 22.3 Å². The molecule has 7 nitrogen and oxygen atoms in total. The molecule has 4 rings (SSSR count). The Hall–Kier alpha value is -3.85. The van der Waals surface area contributed by atoms with Gasteiger partial charge in [-0.15, -0.1) is 0 Å². The second-order valence-corrected chi connectivity index (χ2v) is 9.71. The molecule has 0 saturated carbocycles. The Bertz CT molecular complexity index is 1270. The van der Waals surface area contributed by atoms with Crippen LogP contribution in [0.15, 0.2) is 121 Å². The van der Waals surface area contributed by atoms with E-state index in [0.717, 1.165) is 22.3 Å². The number of aliphatic hydroxyl groups is 1. The van der Waals surface area contributed by atoms with E-state index in [1.165, 1.54) is 0 Å². The van der Waals surface area contributed by atoms with Crippen molar-refractivity contribution >= 4 is 5.91 Å². The Balaban J connectivity index is 1.57. The summed E-state index contributed by atoms with van der Waals surface area (Å²) in [7, 11) is 0. The van der Waals surface area contributed by atoms with Crippen LogP contribution < -0.4 is 5.73 Å². The smallest absolute Gasteiger partial charge is 0.249 e. The summed E-state index contributed by atoms with van der Waals surface area (Å²) < 4.78 is 24.5. The van der Waals surface area contributed by atoms with Crippen molar-refractivity contribution < 1.29 is 28.8 Å². The highest BCUT2D eigenvalue weighted by Crippen LogP contribution is 2.21. The van der Waals surface area contributed by atoms with E-state index in [1.807, 2.05) is 121 Å². The fourth-order valence-electron chi connectivity index (χ4n) is 4.38. The van der Waals surface area contributed by atoms with Crippen LogP contribution >= 0.6 is 0 Å². The monoisotopic (exact) mass is 555 g/mol. The Kier molecular flexibility index (Phi) is 12.1. The van der Waals surface area contributed by atoms with Crippen LogP contribution in [0.1, 0.15) is 22.3 Å². The van der Waals surface area contributed by atoms with Crippen LogP contribution in [0.3, 0.4) is 0 Å². The largest absolute Gasteiger partial charge is 0.388 e. The highest BCUT2D eigenvalue weighted by molar-refractivity contribution is 5.79. The van der Waals surface area contributed by atoms with Crippen molar-refractivity contribution in [1.82, 2.24) is 0 Å². The van der Waals surface area contributed by atoms with Crippen LogP contribution in [0.4, 0.5) is 0 Å². The Morgan fingerprint density at radius 3 is 1.34 bits per heavy atom. The molecule has 0 unspecified atom stereocenters. The van der Waals surface area contributed by atoms with Crippen LogP contribution in [-0.2, 0) is 50.2 Å². The average molecular weight is 556 g/mol. The fraction of sp³-hybridized carbons (Fsp3) is 0.265. The number of benzene rings is 4. The van der Waals surface area contributed by atoms with Gasteiger partial charge in [-0.3, -0.25) is 4.79 Å². The molecule has 0 aromatic heterocycles. The first-order chi connectivity index (χ1) is 20.1. The number of nitrogens with two attached hydrogens (primary N) is 1. The van der Waals surface area contributed by atoms with E-state index in [2.05, 4.69) is 0 Å². The molecular formula is C34H37NO6. The zero-order chi connectivity index (χ0) is 28.7. The number of aliphatic hydroxyl groups excluding tert-OH is 1. The Labute approximate surface area is 241 Å². The first-order valence-electron chi connectivity index (χ1n) is 13.7. The summed E-state index contributed by atoms with van der Waals surface area (Å²) >= 11 is 0. The third-order valence-corrected chi connectivity index (χ3v) is 6.52.